The lowest BCUT2D eigenvalue weighted by molar-refractivity contribution is 0.0515. The fourth-order valence-corrected chi connectivity index (χ4v) is 1.46. The van der Waals surface area contributed by atoms with E-state index in [1.54, 1.807) is 6.92 Å². The number of carbonyl (C=O) groups is 1. The molecule has 0 aromatic carbocycles. The maximum atomic E-state index is 12.6. The molecule has 1 saturated carbocycles. The predicted octanol–water partition coefficient (Wildman–Crippen LogP) is 2.33. The molecule has 4 nitrogen and oxygen atoms in total. The molecule has 0 N–H and O–H groups in total. The first-order chi connectivity index (χ1) is 7.63. The molecule has 16 heavy (non-hydrogen) atoms. The van der Waals surface area contributed by atoms with Gasteiger partial charge in [0, 0.05) is 6.20 Å². The smallest absolute Gasteiger partial charge is 0.341 e. The number of halogens is 2. The van der Waals surface area contributed by atoms with Crippen LogP contribution in [0.2, 0.25) is 0 Å². The van der Waals surface area contributed by atoms with Crippen molar-refractivity contribution >= 4 is 5.97 Å². The van der Waals surface area contributed by atoms with Crippen molar-refractivity contribution in [2.24, 2.45) is 0 Å². The van der Waals surface area contributed by atoms with Crippen molar-refractivity contribution in [1.82, 2.24) is 9.78 Å². The Morgan fingerprint density at radius 1 is 1.69 bits per heavy atom. The van der Waals surface area contributed by atoms with E-state index in [9.17, 15) is 13.6 Å². The maximum absolute atomic E-state index is 12.6. The number of esters is 1. The Kier molecular flexibility index (Phi) is 2.89. The van der Waals surface area contributed by atoms with Gasteiger partial charge in [0.1, 0.15) is 11.3 Å². The van der Waals surface area contributed by atoms with Crippen LogP contribution < -0.4 is 0 Å². The van der Waals surface area contributed by atoms with E-state index in [0.29, 0.717) is 0 Å². The van der Waals surface area contributed by atoms with Crippen LogP contribution in [0.15, 0.2) is 6.20 Å². The van der Waals surface area contributed by atoms with E-state index in [0.717, 1.165) is 12.8 Å². The van der Waals surface area contributed by atoms with Crippen LogP contribution in [0.5, 0.6) is 0 Å². The summed E-state index contributed by atoms with van der Waals surface area (Å²) in [6, 6.07) is 0.167. The fraction of sp³-hybridized carbons (Fsp3) is 0.600. The molecule has 1 aromatic heterocycles. The third kappa shape index (κ3) is 2.05. The van der Waals surface area contributed by atoms with E-state index >= 15 is 0 Å². The molecule has 0 amide bonds. The van der Waals surface area contributed by atoms with Gasteiger partial charge in [0.2, 0.25) is 0 Å². The van der Waals surface area contributed by atoms with Gasteiger partial charge in [-0.3, -0.25) is 4.68 Å². The van der Waals surface area contributed by atoms with E-state index in [-0.39, 0.29) is 18.2 Å². The van der Waals surface area contributed by atoms with Crippen molar-refractivity contribution in [2.45, 2.75) is 32.2 Å². The van der Waals surface area contributed by atoms with Crippen LogP contribution in [0, 0.1) is 0 Å². The monoisotopic (exact) mass is 230 g/mol. The summed E-state index contributed by atoms with van der Waals surface area (Å²) in [5.41, 5.74) is -0.603. The van der Waals surface area contributed by atoms with Gasteiger partial charge in [0.15, 0.2) is 0 Å². The van der Waals surface area contributed by atoms with Gasteiger partial charge in [-0.1, -0.05) is 0 Å². The zero-order chi connectivity index (χ0) is 11.7. The highest BCUT2D eigenvalue weighted by Crippen LogP contribution is 2.35. The molecule has 0 bridgehead atoms. The summed E-state index contributed by atoms with van der Waals surface area (Å²) in [4.78, 5) is 11.4. The van der Waals surface area contributed by atoms with E-state index in [2.05, 4.69) is 5.10 Å². The van der Waals surface area contributed by atoms with Gasteiger partial charge in [-0.25, -0.2) is 13.6 Å². The zero-order valence-electron chi connectivity index (χ0n) is 8.82. The second kappa shape index (κ2) is 4.19. The molecular weight excluding hydrogens is 218 g/mol. The van der Waals surface area contributed by atoms with E-state index < -0.39 is 18.1 Å². The highest BCUT2D eigenvalue weighted by atomic mass is 19.3. The number of ether oxygens (including phenoxy) is 1. The molecule has 0 atom stereocenters. The maximum Gasteiger partial charge on any atom is 0.341 e. The van der Waals surface area contributed by atoms with E-state index in [4.69, 9.17) is 4.74 Å². The average molecular weight is 230 g/mol. The predicted molar refractivity (Wildman–Crippen MR) is 51.4 cm³/mol. The summed E-state index contributed by atoms with van der Waals surface area (Å²) in [6.45, 7) is 1.79. The molecule has 0 unspecified atom stereocenters. The Labute approximate surface area is 91.2 Å². The molecule has 1 aliphatic carbocycles. The summed E-state index contributed by atoms with van der Waals surface area (Å²) >= 11 is 0. The third-order valence-corrected chi connectivity index (χ3v) is 2.38. The van der Waals surface area contributed by atoms with Crippen LogP contribution in [-0.4, -0.2) is 22.4 Å². The lowest BCUT2D eigenvalue weighted by atomic mass is 10.2. The van der Waals surface area contributed by atoms with Gasteiger partial charge in [0.05, 0.1) is 12.6 Å². The largest absolute Gasteiger partial charge is 0.462 e. The summed E-state index contributed by atoms with van der Waals surface area (Å²) < 4.78 is 31.4. The zero-order valence-corrected chi connectivity index (χ0v) is 8.82. The third-order valence-electron chi connectivity index (χ3n) is 2.38. The average Bonchev–Trinajstić information content (AvgIpc) is 2.97. The quantitative estimate of drug-likeness (QED) is 0.745. The molecule has 0 aliphatic heterocycles. The molecule has 0 saturated heterocycles. The van der Waals surface area contributed by atoms with Crippen LogP contribution >= 0.6 is 0 Å². The van der Waals surface area contributed by atoms with Crippen molar-refractivity contribution in [2.75, 3.05) is 6.61 Å². The summed E-state index contributed by atoms with van der Waals surface area (Å²) in [5.74, 6) is -0.732. The van der Waals surface area contributed by atoms with Crippen LogP contribution in [0.1, 0.15) is 48.3 Å². The summed E-state index contributed by atoms with van der Waals surface area (Å²) in [7, 11) is 0. The molecule has 1 fully saturated rings. The van der Waals surface area contributed by atoms with Gasteiger partial charge in [-0.2, -0.15) is 5.10 Å². The standard InChI is InChI=1S/C10H12F2N2O2/c1-2-16-10(15)7-5-14(6-3-4-6)13-8(7)9(11)12/h5-6,9H,2-4H2,1H3. The molecule has 0 radical (unpaired) electrons. The van der Waals surface area contributed by atoms with Gasteiger partial charge in [0.25, 0.3) is 6.43 Å². The van der Waals surface area contributed by atoms with Gasteiger partial charge in [-0.05, 0) is 19.8 Å². The van der Waals surface area contributed by atoms with Crippen molar-refractivity contribution in [3.8, 4) is 0 Å². The minimum absolute atomic E-state index is 0.122. The molecule has 1 heterocycles. The van der Waals surface area contributed by atoms with Crippen LogP contribution in [0.4, 0.5) is 8.78 Å². The lowest BCUT2D eigenvalue weighted by Crippen LogP contribution is -2.06. The first-order valence-corrected chi connectivity index (χ1v) is 5.17. The molecule has 88 valence electrons. The molecule has 2 rings (SSSR count). The Hall–Kier alpha value is -1.46. The van der Waals surface area contributed by atoms with E-state index in [1.165, 1.54) is 10.9 Å². The molecule has 1 aliphatic rings. The van der Waals surface area contributed by atoms with Crippen LogP contribution in [0.3, 0.4) is 0 Å². The number of hydrogen-bond donors (Lipinski definition) is 0. The SMILES string of the molecule is CCOC(=O)c1cn(C2CC2)nc1C(F)F. The lowest BCUT2D eigenvalue weighted by Gasteiger charge is -2.00. The minimum atomic E-state index is -2.75. The van der Waals surface area contributed by atoms with Crippen molar-refractivity contribution in [1.29, 1.82) is 0 Å². The normalized spacial score (nSPS) is 15.5. The van der Waals surface area contributed by atoms with E-state index in [1.807, 2.05) is 0 Å². The first-order valence-electron chi connectivity index (χ1n) is 5.17. The number of carbonyl (C=O) groups excluding carboxylic acids is 1. The number of nitrogens with zero attached hydrogens (tertiary/aromatic N) is 2. The van der Waals surface area contributed by atoms with Crippen molar-refractivity contribution in [3.05, 3.63) is 17.5 Å². The summed E-state index contributed by atoms with van der Waals surface area (Å²) in [6.07, 6.45) is 0.454. The van der Waals surface area contributed by atoms with Crippen molar-refractivity contribution in [3.63, 3.8) is 0 Å². The van der Waals surface area contributed by atoms with Gasteiger partial charge >= 0.3 is 5.97 Å². The Morgan fingerprint density at radius 3 is 2.88 bits per heavy atom. The highest BCUT2D eigenvalue weighted by Gasteiger charge is 2.30. The number of rotatable bonds is 4. The minimum Gasteiger partial charge on any atom is -0.462 e. The van der Waals surface area contributed by atoms with Crippen molar-refractivity contribution < 1.29 is 18.3 Å². The fourth-order valence-electron chi connectivity index (χ4n) is 1.46. The number of hydrogen-bond acceptors (Lipinski definition) is 3. The first kappa shape index (κ1) is 11.0. The molecule has 1 aromatic rings. The molecular formula is C10H12F2N2O2. The Bertz CT molecular complexity index is 400. The second-order valence-corrected chi connectivity index (χ2v) is 3.66. The van der Waals surface area contributed by atoms with Crippen LogP contribution in [-0.2, 0) is 4.74 Å². The summed E-state index contributed by atoms with van der Waals surface area (Å²) in [5, 5.41) is 3.74. The Morgan fingerprint density at radius 2 is 2.38 bits per heavy atom. The topological polar surface area (TPSA) is 44.1 Å². The molecule has 0 spiro atoms. The van der Waals surface area contributed by atoms with Gasteiger partial charge < -0.3 is 4.74 Å². The second-order valence-electron chi connectivity index (χ2n) is 3.66. The van der Waals surface area contributed by atoms with Crippen LogP contribution in [0.25, 0.3) is 0 Å². The molecule has 6 heteroatoms. The Balaban J connectivity index is 2.29. The number of alkyl halides is 2. The van der Waals surface area contributed by atoms with Gasteiger partial charge in [-0.15, -0.1) is 0 Å². The number of aromatic nitrogens is 2. The highest BCUT2D eigenvalue weighted by molar-refractivity contribution is 5.90.